The molecule has 8 heteroatoms. The van der Waals surface area contributed by atoms with Gasteiger partial charge in [-0.15, -0.1) is 0 Å². The van der Waals surface area contributed by atoms with Gasteiger partial charge in [-0.25, -0.2) is 4.79 Å². The van der Waals surface area contributed by atoms with Crippen LogP contribution < -0.4 is 24.8 Å². The zero-order chi connectivity index (χ0) is 23.7. The maximum Gasteiger partial charge on any atom is 0.408 e. The number of carbonyl (C=O) groups is 2. The highest BCUT2D eigenvalue weighted by Gasteiger charge is 2.27. The van der Waals surface area contributed by atoms with Gasteiger partial charge in [-0.05, 0) is 36.1 Å². The maximum atomic E-state index is 12.9. The zero-order valence-electron chi connectivity index (χ0n) is 19.4. The Labute approximate surface area is 189 Å². The smallest absolute Gasteiger partial charge is 0.408 e. The Morgan fingerprint density at radius 3 is 1.97 bits per heavy atom. The van der Waals surface area contributed by atoms with Crippen molar-refractivity contribution in [3.8, 4) is 17.2 Å². The van der Waals surface area contributed by atoms with Crippen LogP contribution in [0.5, 0.6) is 17.2 Å². The fourth-order valence-corrected chi connectivity index (χ4v) is 3.16. The minimum Gasteiger partial charge on any atom is -0.493 e. The highest BCUT2D eigenvalue weighted by Crippen LogP contribution is 2.39. The van der Waals surface area contributed by atoms with Gasteiger partial charge in [0.15, 0.2) is 11.5 Å². The lowest BCUT2D eigenvalue weighted by Gasteiger charge is -2.24. The van der Waals surface area contributed by atoms with Crippen LogP contribution in [0.15, 0.2) is 42.5 Å². The number of carbonyl (C=O) groups excluding carboxylic acids is 2. The zero-order valence-corrected chi connectivity index (χ0v) is 19.4. The molecule has 2 N–H and O–H groups in total. The Balaban J connectivity index is 2.06. The molecule has 0 aliphatic carbocycles. The molecule has 0 aliphatic heterocycles. The van der Waals surface area contributed by atoms with E-state index >= 15 is 0 Å². The summed E-state index contributed by atoms with van der Waals surface area (Å²) in [7, 11) is 4.59. The molecule has 0 heterocycles. The molecule has 0 fully saturated rings. The van der Waals surface area contributed by atoms with E-state index in [1.807, 2.05) is 51.1 Å². The molecular weight excluding hydrogens is 412 g/mol. The average Bonchev–Trinajstić information content (AvgIpc) is 2.80. The van der Waals surface area contributed by atoms with Crippen molar-refractivity contribution in [2.24, 2.45) is 5.92 Å². The molecule has 0 bridgehead atoms. The monoisotopic (exact) mass is 444 g/mol. The van der Waals surface area contributed by atoms with Crippen molar-refractivity contribution in [1.29, 1.82) is 0 Å². The molecule has 174 valence electrons. The van der Waals surface area contributed by atoms with E-state index < -0.39 is 12.1 Å². The molecule has 2 atom stereocenters. The van der Waals surface area contributed by atoms with Gasteiger partial charge in [0.1, 0.15) is 12.6 Å². The minimum atomic E-state index is -0.761. The van der Waals surface area contributed by atoms with E-state index in [1.54, 1.807) is 12.1 Å². The second-order valence-electron chi connectivity index (χ2n) is 7.62. The van der Waals surface area contributed by atoms with E-state index in [4.69, 9.17) is 18.9 Å². The number of alkyl carbamates (subject to hydrolysis) is 1. The van der Waals surface area contributed by atoms with Crippen molar-refractivity contribution in [2.75, 3.05) is 21.3 Å². The van der Waals surface area contributed by atoms with E-state index in [-0.39, 0.29) is 24.5 Å². The van der Waals surface area contributed by atoms with Gasteiger partial charge >= 0.3 is 6.09 Å². The molecule has 2 rings (SSSR count). The van der Waals surface area contributed by atoms with Gasteiger partial charge in [-0.2, -0.15) is 0 Å². The SMILES string of the molecule is COc1cc(C(C)NC(=O)[C@@H](NC(=O)OCc2ccccc2)C(C)C)cc(OC)c1OC. The fraction of sp³-hybridized carbons (Fsp3) is 0.417. The van der Waals surface area contributed by atoms with Crippen LogP contribution in [0.1, 0.15) is 37.9 Å². The first-order valence-electron chi connectivity index (χ1n) is 10.4. The topological polar surface area (TPSA) is 95.1 Å². The fourth-order valence-electron chi connectivity index (χ4n) is 3.16. The molecule has 2 aromatic rings. The molecule has 32 heavy (non-hydrogen) atoms. The summed E-state index contributed by atoms with van der Waals surface area (Å²) >= 11 is 0. The summed E-state index contributed by atoms with van der Waals surface area (Å²) < 4.78 is 21.4. The van der Waals surface area contributed by atoms with Crippen molar-refractivity contribution in [1.82, 2.24) is 10.6 Å². The van der Waals surface area contributed by atoms with Gasteiger partial charge in [0.25, 0.3) is 0 Å². The van der Waals surface area contributed by atoms with Crippen LogP contribution >= 0.6 is 0 Å². The third kappa shape index (κ3) is 6.54. The van der Waals surface area contributed by atoms with E-state index in [0.29, 0.717) is 17.2 Å². The van der Waals surface area contributed by atoms with Crippen molar-refractivity contribution in [3.63, 3.8) is 0 Å². The standard InChI is InChI=1S/C24H32N2O6/c1-15(2)21(26-24(28)32-14-17-10-8-7-9-11-17)23(27)25-16(3)18-12-19(29-4)22(31-6)20(13-18)30-5/h7-13,15-16,21H,14H2,1-6H3,(H,25,27)(H,26,28)/t16?,21-/m0/s1. The van der Waals surface area contributed by atoms with Crippen LogP contribution in [0.2, 0.25) is 0 Å². The lowest BCUT2D eigenvalue weighted by molar-refractivity contribution is -0.124. The Morgan fingerprint density at radius 1 is 0.875 bits per heavy atom. The van der Waals surface area contributed by atoms with Crippen molar-refractivity contribution in [2.45, 2.75) is 39.5 Å². The van der Waals surface area contributed by atoms with Crippen molar-refractivity contribution < 1.29 is 28.5 Å². The quantitative estimate of drug-likeness (QED) is 0.578. The molecule has 0 saturated heterocycles. The minimum absolute atomic E-state index is 0.126. The predicted octanol–water partition coefficient (Wildman–Crippen LogP) is 3.84. The summed E-state index contributed by atoms with van der Waals surface area (Å²) in [6.45, 7) is 5.67. The maximum absolute atomic E-state index is 12.9. The summed E-state index contributed by atoms with van der Waals surface area (Å²) in [6, 6.07) is 11.8. The number of benzene rings is 2. The first-order valence-corrected chi connectivity index (χ1v) is 10.4. The number of hydrogen-bond acceptors (Lipinski definition) is 6. The number of amides is 2. The van der Waals surface area contributed by atoms with Gasteiger partial charge in [-0.1, -0.05) is 44.2 Å². The second-order valence-corrected chi connectivity index (χ2v) is 7.62. The number of nitrogens with one attached hydrogen (secondary N) is 2. The van der Waals surface area contributed by atoms with Crippen molar-refractivity contribution in [3.05, 3.63) is 53.6 Å². The summed E-state index contributed by atoms with van der Waals surface area (Å²) in [5.74, 6) is 0.987. The Kier molecular flexibility index (Phi) is 9.19. The predicted molar refractivity (Wildman–Crippen MR) is 121 cm³/mol. The lowest BCUT2D eigenvalue weighted by atomic mass is 10.0. The van der Waals surface area contributed by atoms with Crippen LogP contribution in [0.4, 0.5) is 4.79 Å². The van der Waals surface area contributed by atoms with Crippen LogP contribution in [0, 0.1) is 5.92 Å². The van der Waals surface area contributed by atoms with Crippen LogP contribution in [0.3, 0.4) is 0 Å². The first-order chi connectivity index (χ1) is 15.3. The van der Waals surface area contributed by atoms with E-state index in [0.717, 1.165) is 11.1 Å². The van der Waals surface area contributed by atoms with Gasteiger partial charge in [0.05, 0.1) is 27.4 Å². The summed E-state index contributed by atoms with van der Waals surface area (Å²) in [5.41, 5.74) is 1.63. The molecule has 0 spiro atoms. The Bertz CT molecular complexity index is 876. The number of methoxy groups -OCH3 is 3. The third-order valence-corrected chi connectivity index (χ3v) is 4.98. The third-order valence-electron chi connectivity index (χ3n) is 4.98. The van der Waals surface area contributed by atoms with Gasteiger partial charge in [-0.3, -0.25) is 4.79 Å². The largest absolute Gasteiger partial charge is 0.493 e. The highest BCUT2D eigenvalue weighted by atomic mass is 16.5. The number of ether oxygens (including phenoxy) is 4. The molecule has 0 saturated carbocycles. The van der Waals surface area contributed by atoms with Crippen LogP contribution in [0.25, 0.3) is 0 Å². The molecule has 1 unspecified atom stereocenters. The van der Waals surface area contributed by atoms with Crippen molar-refractivity contribution >= 4 is 12.0 Å². The van der Waals surface area contributed by atoms with Gasteiger partial charge < -0.3 is 29.6 Å². The second kappa shape index (κ2) is 11.8. The molecule has 0 aliphatic rings. The molecule has 8 nitrogen and oxygen atoms in total. The average molecular weight is 445 g/mol. The Morgan fingerprint density at radius 2 is 1.47 bits per heavy atom. The molecule has 0 aromatic heterocycles. The van der Waals surface area contributed by atoms with E-state index in [9.17, 15) is 9.59 Å². The van der Waals surface area contributed by atoms with Crippen LogP contribution in [-0.4, -0.2) is 39.4 Å². The van der Waals surface area contributed by atoms with E-state index in [1.165, 1.54) is 21.3 Å². The Hall–Kier alpha value is -3.42. The molecule has 2 amide bonds. The number of hydrogen-bond donors (Lipinski definition) is 2. The summed E-state index contributed by atoms with van der Waals surface area (Å²) in [6.07, 6.45) is -0.650. The lowest BCUT2D eigenvalue weighted by Crippen LogP contribution is -2.50. The summed E-state index contributed by atoms with van der Waals surface area (Å²) in [4.78, 5) is 25.2. The van der Waals surface area contributed by atoms with E-state index in [2.05, 4.69) is 10.6 Å². The van der Waals surface area contributed by atoms with Gasteiger partial charge in [0.2, 0.25) is 11.7 Å². The number of rotatable bonds is 10. The normalized spacial score (nSPS) is 12.5. The molecular formula is C24H32N2O6. The molecule has 0 radical (unpaired) electrons. The van der Waals surface area contributed by atoms with Crippen LogP contribution in [-0.2, 0) is 16.1 Å². The molecule has 2 aromatic carbocycles. The summed E-state index contributed by atoms with van der Waals surface area (Å²) in [5, 5.41) is 5.60. The highest BCUT2D eigenvalue weighted by molar-refractivity contribution is 5.86. The van der Waals surface area contributed by atoms with Gasteiger partial charge in [0, 0.05) is 0 Å². The first kappa shape index (κ1) is 24.8.